The molecule has 0 fully saturated rings. The number of aromatic nitrogens is 2. The highest BCUT2D eigenvalue weighted by atomic mass is 35.5. The van der Waals surface area contributed by atoms with E-state index >= 15 is 0 Å². The third-order valence-electron chi connectivity index (χ3n) is 4.24. The topological polar surface area (TPSA) is 98.4 Å². The van der Waals surface area contributed by atoms with Crippen LogP contribution in [0.1, 0.15) is 26.7 Å². The summed E-state index contributed by atoms with van der Waals surface area (Å²) in [5, 5.41) is 4.62. The fraction of sp³-hybridized carbons (Fsp3) is 0.0455. The number of amides is 2. The molecule has 0 saturated heterocycles. The number of carbonyl (C=O) groups excluding carboxylic acids is 2. The Morgan fingerprint density at radius 3 is 2.52 bits per heavy atom. The molecule has 4 rings (SSSR count). The number of nitrogens with one attached hydrogen (secondary N) is 2. The van der Waals surface area contributed by atoms with Gasteiger partial charge in [-0.15, -0.1) is 0 Å². The molecule has 2 amide bonds. The Morgan fingerprint density at radius 2 is 1.71 bits per heavy atom. The molecule has 9 heteroatoms. The van der Waals surface area contributed by atoms with Crippen LogP contribution in [-0.2, 0) is 6.61 Å². The smallest absolute Gasteiger partial charge is 0.305 e. The summed E-state index contributed by atoms with van der Waals surface area (Å²) in [5.74, 6) is 0.0678. The Balaban J connectivity index is 1.31. The second-order valence-electron chi connectivity index (χ2n) is 6.40. The van der Waals surface area contributed by atoms with Crippen molar-refractivity contribution < 1.29 is 18.7 Å². The third-order valence-corrected chi connectivity index (χ3v) is 4.56. The number of hydrogen-bond donors (Lipinski definition) is 2. The van der Waals surface area contributed by atoms with Crippen molar-refractivity contribution in [3.63, 3.8) is 0 Å². The van der Waals surface area contributed by atoms with Crippen LogP contribution in [0.2, 0.25) is 5.02 Å². The summed E-state index contributed by atoms with van der Waals surface area (Å²) in [7, 11) is 0. The van der Waals surface area contributed by atoms with E-state index in [0.29, 0.717) is 22.2 Å². The molecule has 2 heterocycles. The van der Waals surface area contributed by atoms with Gasteiger partial charge in [-0.1, -0.05) is 41.9 Å². The molecule has 0 unspecified atom stereocenters. The van der Waals surface area contributed by atoms with Crippen LogP contribution in [0, 0.1) is 0 Å². The first kappa shape index (κ1) is 20.2. The van der Waals surface area contributed by atoms with Gasteiger partial charge in [-0.2, -0.15) is 5.10 Å². The lowest BCUT2D eigenvalue weighted by Gasteiger charge is -2.05. The summed E-state index contributed by atoms with van der Waals surface area (Å²) in [6.45, 7) is 0.172. The minimum absolute atomic E-state index is 0.0405. The van der Waals surface area contributed by atoms with E-state index in [1.165, 1.54) is 23.1 Å². The SMILES string of the molecule is O=C(NNC(=O)c1ccc(COc2ccccc2)o1)c1cnn(-c2ccccc2Cl)c1. The van der Waals surface area contributed by atoms with Gasteiger partial charge in [0.05, 0.1) is 22.5 Å². The van der Waals surface area contributed by atoms with Gasteiger partial charge in [0.1, 0.15) is 18.1 Å². The molecular formula is C22H17ClN4O4. The Bertz CT molecular complexity index is 1200. The summed E-state index contributed by atoms with van der Waals surface area (Å²) in [4.78, 5) is 24.6. The summed E-state index contributed by atoms with van der Waals surface area (Å²) in [5.41, 5.74) is 5.52. The lowest BCUT2D eigenvalue weighted by molar-refractivity contribution is 0.0828. The normalized spacial score (nSPS) is 10.5. The molecule has 0 radical (unpaired) electrons. The molecular weight excluding hydrogens is 420 g/mol. The summed E-state index contributed by atoms with van der Waals surface area (Å²) < 4.78 is 12.5. The van der Waals surface area contributed by atoms with Gasteiger partial charge in [-0.3, -0.25) is 20.4 Å². The molecule has 31 heavy (non-hydrogen) atoms. The first-order valence-electron chi connectivity index (χ1n) is 9.27. The first-order chi connectivity index (χ1) is 15.1. The molecule has 0 aliphatic carbocycles. The molecule has 0 spiro atoms. The minimum atomic E-state index is -0.599. The average Bonchev–Trinajstić information content (AvgIpc) is 3.47. The van der Waals surface area contributed by atoms with Crippen LogP contribution in [0.15, 0.2) is 83.5 Å². The Hall–Kier alpha value is -4.04. The van der Waals surface area contributed by atoms with Crippen molar-refractivity contribution in [2.24, 2.45) is 0 Å². The zero-order chi connectivity index (χ0) is 21.6. The van der Waals surface area contributed by atoms with E-state index in [-0.39, 0.29) is 17.9 Å². The van der Waals surface area contributed by atoms with Crippen LogP contribution in [0.5, 0.6) is 5.75 Å². The van der Waals surface area contributed by atoms with Crippen LogP contribution in [0.3, 0.4) is 0 Å². The van der Waals surface area contributed by atoms with Gasteiger partial charge in [0.15, 0.2) is 5.76 Å². The van der Waals surface area contributed by atoms with Crippen LogP contribution >= 0.6 is 11.6 Å². The molecule has 0 bridgehead atoms. The first-order valence-corrected chi connectivity index (χ1v) is 9.65. The molecule has 4 aromatic rings. The van der Waals surface area contributed by atoms with E-state index in [1.54, 1.807) is 24.3 Å². The monoisotopic (exact) mass is 436 g/mol. The zero-order valence-corrected chi connectivity index (χ0v) is 16.9. The number of benzene rings is 2. The predicted octanol–water partition coefficient (Wildman–Crippen LogP) is 3.77. The highest BCUT2D eigenvalue weighted by Gasteiger charge is 2.15. The lowest BCUT2D eigenvalue weighted by Crippen LogP contribution is -2.41. The zero-order valence-electron chi connectivity index (χ0n) is 16.1. The fourth-order valence-electron chi connectivity index (χ4n) is 2.71. The second-order valence-corrected chi connectivity index (χ2v) is 6.81. The largest absolute Gasteiger partial charge is 0.486 e. The second kappa shape index (κ2) is 9.19. The summed E-state index contributed by atoms with van der Waals surface area (Å²) in [6, 6.07) is 19.5. The van der Waals surface area contributed by atoms with Gasteiger partial charge in [0, 0.05) is 6.20 Å². The average molecular weight is 437 g/mol. The number of hydrogen-bond acceptors (Lipinski definition) is 5. The summed E-state index contributed by atoms with van der Waals surface area (Å²) in [6.07, 6.45) is 2.88. The van der Waals surface area contributed by atoms with Crippen molar-refractivity contribution in [3.05, 3.63) is 101 Å². The van der Waals surface area contributed by atoms with E-state index in [2.05, 4.69) is 16.0 Å². The molecule has 0 saturated carbocycles. The highest BCUT2D eigenvalue weighted by molar-refractivity contribution is 6.32. The maximum atomic E-state index is 12.3. The number of furan rings is 1. The van der Waals surface area contributed by atoms with Crippen molar-refractivity contribution in [2.45, 2.75) is 6.61 Å². The number of hydrazine groups is 1. The Morgan fingerprint density at radius 1 is 0.968 bits per heavy atom. The molecule has 0 aliphatic rings. The minimum Gasteiger partial charge on any atom is -0.486 e. The fourth-order valence-corrected chi connectivity index (χ4v) is 2.93. The molecule has 156 valence electrons. The van der Waals surface area contributed by atoms with Crippen molar-refractivity contribution in [1.82, 2.24) is 20.6 Å². The van der Waals surface area contributed by atoms with Crippen LogP contribution in [-0.4, -0.2) is 21.6 Å². The van der Waals surface area contributed by atoms with E-state index in [4.69, 9.17) is 20.8 Å². The number of carbonyl (C=O) groups is 2. The van der Waals surface area contributed by atoms with Gasteiger partial charge >= 0.3 is 5.91 Å². The maximum Gasteiger partial charge on any atom is 0.305 e. The maximum absolute atomic E-state index is 12.3. The molecule has 2 N–H and O–H groups in total. The number of para-hydroxylation sites is 2. The number of halogens is 1. The van der Waals surface area contributed by atoms with E-state index < -0.39 is 11.8 Å². The van der Waals surface area contributed by atoms with Gasteiger partial charge in [0.2, 0.25) is 0 Å². The number of rotatable bonds is 6. The molecule has 2 aromatic heterocycles. The van der Waals surface area contributed by atoms with E-state index in [1.807, 2.05) is 36.4 Å². The lowest BCUT2D eigenvalue weighted by atomic mass is 10.3. The van der Waals surface area contributed by atoms with Crippen molar-refractivity contribution in [3.8, 4) is 11.4 Å². The van der Waals surface area contributed by atoms with Crippen LogP contribution in [0.4, 0.5) is 0 Å². The van der Waals surface area contributed by atoms with E-state index in [0.717, 1.165) is 0 Å². The Labute approximate surface area is 182 Å². The number of ether oxygens (including phenoxy) is 1. The molecule has 8 nitrogen and oxygen atoms in total. The molecule has 2 aromatic carbocycles. The van der Waals surface area contributed by atoms with Crippen molar-refractivity contribution in [2.75, 3.05) is 0 Å². The van der Waals surface area contributed by atoms with Gasteiger partial charge in [0.25, 0.3) is 5.91 Å². The third kappa shape index (κ3) is 4.93. The Kier molecular flexibility index (Phi) is 6.00. The van der Waals surface area contributed by atoms with Gasteiger partial charge < -0.3 is 9.15 Å². The summed E-state index contributed by atoms with van der Waals surface area (Å²) >= 11 is 6.14. The van der Waals surface area contributed by atoms with Crippen molar-refractivity contribution in [1.29, 1.82) is 0 Å². The highest BCUT2D eigenvalue weighted by Crippen LogP contribution is 2.19. The van der Waals surface area contributed by atoms with Crippen LogP contribution in [0.25, 0.3) is 5.69 Å². The standard InChI is InChI=1S/C22H17ClN4O4/c23-18-8-4-5-9-19(18)27-13-15(12-24-27)21(28)25-26-22(29)20-11-10-17(31-20)14-30-16-6-2-1-3-7-16/h1-13H,14H2,(H,25,28)(H,26,29). The van der Waals surface area contributed by atoms with Crippen molar-refractivity contribution >= 4 is 23.4 Å². The van der Waals surface area contributed by atoms with Gasteiger partial charge in [-0.05, 0) is 36.4 Å². The van der Waals surface area contributed by atoms with Crippen LogP contribution < -0.4 is 15.6 Å². The molecule has 0 atom stereocenters. The molecule has 0 aliphatic heterocycles. The van der Waals surface area contributed by atoms with Gasteiger partial charge in [-0.25, -0.2) is 4.68 Å². The quantitative estimate of drug-likeness (QED) is 0.448. The number of nitrogens with zero attached hydrogens (tertiary/aromatic N) is 2. The predicted molar refractivity (Wildman–Crippen MR) is 113 cm³/mol. The van der Waals surface area contributed by atoms with E-state index in [9.17, 15) is 9.59 Å².